The third kappa shape index (κ3) is 4.19. The van der Waals surface area contributed by atoms with Crippen molar-refractivity contribution >= 4 is 5.91 Å². The van der Waals surface area contributed by atoms with Gasteiger partial charge in [0.05, 0.1) is 0 Å². The summed E-state index contributed by atoms with van der Waals surface area (Å²) in [6, 6.07) is 0.162. The van der Waals surface area contributed by atoms with Crippen molar-refractivity contribution < 1.29 is 10.0 Å². The lowest BCUT2D eigenvalue weighted by Crippen LogP contribution is -2.62. The Morgan fingerprint density at radius 2 is 1.76 bits per heavy atom. The van der Waals surface area contributed by atoms with Gasteiger partial charge in [0.2, 0.25) is 5.91 Å². The van der Waals surface area contributed by atoms with Crippen LogP contribution in [0.2, 0.25) is 0 Å². The van der Waals surface area contributed by atoms with Gasteiger partial charge in [-0.15, -0.1) is 0 Å². The average Bonchev–Trinajstić information content (AvgIpc) is 2.28. The lowest BCUT2D eigenvalue weighted by molar-refractivity contribution is -0.246. The summed E-state index contributed by atoms with van der Waals surface area (Å²) in [6.45, 7) is 8.13. The molecule has 0 aromatic carbocycles. The van der Waals surface area contributed by atoms with E-state index in [4.69, 9.17) is 0 Å². The molecule has 2 N–H and O–H groups in total. The number of nitrogens with zero attached hydrogens (tertiary/aromatic N) is 1. The molecule has 1 saturated carbocycles. The van der Waals surface area contributed by atoms with Gasteiger partial charge < -0.3 is 10.5 Å². The first-order chi connectivity index (χ1) is 9.71. The number of hydroxylamine groups is 2. The van der Waals surface area contributed by atoms with Gasteiger partial charge in [-0.3, -0.25) is 4.79 Å². The molecule has 1 aliphatic carbocycles. The number of piperidine rings is 1. The van der Waals surface area contributed by atoms with E-state index in [0.29, 0.717) is 6.42 Å². The summed E-state index contributed by atoms with van der Waals surface area (Å²) in [4.78, 5) is 12.1. The smallest absolute Gasteiger partial charge is 0.220 e. The Bertz CT molecular complexity index is 357. The quantitative estimate of drug-likeness (QED) is 0.816. The van der Waals surface area contributed by atoms with Crippen molar-refractivity contribution in [1.82, 2.24) is 10.4 Å². The summed E-state index contributed by atoms with van der Waals surface area (Å²) in [5, 5.41) is 14.9. The van der Waals surface area contributed by atoms with Gasteiger partial charge >= 0.3 is 0 Å². The summed E-state index contributed by atoms with van der Waals surface area (Å²) in [5.74, 6) is 1.06. The third-order valence-corrected chi connectivity index (χ3v) is 5.24. The normalized spacial score (nSPS) is 26.3. The van der Waals surface area contributed by atoms with Crippen molar-refractivity contribution in [2.75, 3.05) is 0 Å². The summed E-state index contributed by atoms with van der Waals surface area (Å²) >= 11 is 0. The van der Waals surface area contributed by atoms with Gasteiger partial charge in [-0.2, -0.15) is 5.06 Å². The molecular formula is C17H32N2O2. The Balaban J connectivity index is 1.77. The van der Waals surface area contributed by atoms with Crippen LogP contribution in [-0.4, -0.2) is 33.3 Å². The van der Waals surface area contributed by atoms with E-state index in [0.717, 1.165) is 25.2 Å². The molecule has 1 amide bonds. The van der Waals surface area contributed by atoms with E-state index >= 15 is 0 Å². The van der Waals surface area contributed by atoms with Crippen molar-refractivity contribution in [1.29, 1.82) is 0 Å². The molecule has 2 fully saturated rings. The van der Waals surface area contributed by atoms with Gasteiger partial charge in [0.25, 0.3) is 0 Å². The topological polar surface area (TPSA) is 52.6 Å². The molecule has 1 heterocycles. The summed E-state index contributed by atoms with van der Waals surface area (Å²) in [6.07, 6.45) is 8.56. The highest BCUT2D eigenvalue weighted by atomic mass is 16.5. The number of hydrogen-bond acceptors (Lipinski definition) is 3. The van der Waals surface area contributed by atoms with Crippen LogP contribution in [0, 0.1) is 5.92 Å². The maximum atomic E-state index is 12.1. The van der Waals surface area contributed by atoms with Crippen LogP contribution in [-0.2, 0) is 4.79 Å². The fraction of sp³-hybridized carbons (Fsp3) is 0.941. The zero-order valence-corrected chi connectivity index (χ0v) is 14.1. The fourth-order valence-electron chi connectivity index (χ4n) is 4.01. The van der Waals surface area contributed by atoms with Gasteiger partial charge in [-0.25, -0.2) is 0 Å². The van der Waals surface area contributed by atoms with E-state index in [1.54, 1.807) is 0 Å². The summed E-state index contributed by atoms with van der Waals surface area (Å²) in [5.41, 5.74) is -0.600. The molecule has 0 unspecified atom stereocenters. The van der Waals surface area contributed by atoms with Crippen molar-refractivity contribution in [2.45, 2.75) is 96.2 Å². The standard InChI is InChI=1S/C17H32N2O2/c1-16(2)11-14(12-17(3,4)19(16)21)18-15(20)10-6-9-13-7-5-8-13/h13-14,21H,5-12H2,1-4H3,(H,18,20). The zero-order chi connectivity index (χ0) is 15.7. The molecule has 4 nitrogen and oxygen atoms in total. The Labute approximate surface area is 129 Å². The van der Waals surface area contributed by atoms with Gasteiger partial charge in [0, 0.05) is 23.5 Å². The predicted molar refractivity (Wildman–Crippen MR) is 84.1 cm³/mol. The van der Waals surface area contributed by atoms with E-state index in [1.165, 1.54) is 30.7 Å². The lowest BCUT2D eigenvalue weighted by Gasteiger charge is -2.51. The molecule has 21 heavy (non-hydrogen) atoms. The minimum Gasteiger partial charge on any atom is -0.353 e. The largest absolute Gasteiger partial charge is 0.353 e. The number of carbonyl (C=O) groups is 1. The van der Waals surface area contributed by atoms with E-state index in [-0.39, 0.29) is 23.0 Å². The second kappa shape index (κ2) is 6.25. The summed E-state index contributed by atoms with van der Waals surface area (Å²) in [7, 11) is 0. The third-order valence-electron chi connectivity index (χ3n) is 5.24. The highest BCUT2D eigenvalue weighted by Crippen LogP contribution is 2.36. The van der Waals surface area contributed by atoms with Gasteiger partial charge in [0.1, 0.15) is 0 Å². The van der Waals surface area contributed by atoms with Crippen LogP contribution in [0.15, 0.2) is 0 Å². The maximum absolute atomic E-state index is 12.1. The molecular weight excluding hydrogens is 264 g/mol. The highest BCUT2D eigenvalue weighted by molar-refractivity contribution is 5.76. The molecule has 0 aromatic rings. The van der Waals surface area contributed by atoms with Crippen LogP contribution in [0.4, 0.5) is 0 Å². The molecule has 122 valence electrons. The number of carbonyl (C=O) groups excluding carboxylic acids is 1. The fourth-order valence-corrected chi connectivity index (χ4v) is 4.01. The molecule has 0 radical (unpaired) electrons. The zero-order valence-electron chi connectivity index (χ0n) is 14.1. The van der Waals surface area contributed by atoms with Crippen LogP contribution < -0.4 is 5.32 Å². The van der Waals surface area contributed by atoms with E-state index in [9.17, 15) is 10.0 Å². The van der Waals surface area contributed by atoms with Gasteiger partial charge in [0.15, 0.2) is 0 Å². The molecule has 1 saturated heterocycles. The van der Waals surface area contributed by atoms with Crippen molar-refractivity contribution in [3.8, 4) is 0 Å². The first-order valence-corrected chi connectivity index (χ1v) is 8.49. The maximum Gasteiger partial charge on any atom is 0.220 e. The molecule has 0 bridgehead atoms. The van der Waals surface area contributed by atoms with Crippen molar-refractivity contribution in [3.05, 3.63) is 0 Å². The molecule has 2 aliphatic rings. The SMILES string of the molecule is CC1(C)CC(NC(=O)CCCC2CCC2)CC(C)(C)N1O. The minimum atomic E-state index is -0.300. The van der Waals surface area contributed by atoms with E-state index < -0.39 is 0 Å². The van der Waals surface area contributed by atoms with Crippen LogP contribution >= 0.6 is 0 Å². The van der Waals surface area contributed by atoms with Crippen LogP contribution in [0.3, 0.4) is 0 Å². The Kier molecular flexibility index (Phi) is 4.99. The van der Waals surface area contributed by atoms with Crippen LogP contribution in [0.25, 0.3) is 0 Å². The Morgan fingerprint density at radius 1 is 1.19 bits per heavy atom. The highest BCUT2D eigenvalue weighted by Gasteiger charge is 2.45. The Morgan fingerprint density at radius 3 is 2.24 bits per heavy atom. The average molecular weight is 296 g/mol. The summed E-state index contributed by atoms with van der Waals surface area (Å²) < 4.78 is 0. The first-order valence-electron chi connectivity index (χ1n) is 8.49. The van der Waals surface area contributed by atoms with E-state index in [2.05, 4.69) is 5.32 Å². The molecule has 4 heteroatoms. The molecule has 0 atom stereocenters. The van der Waals surface area contributed by atoms with Crippen molar-refractivity contribution in [3.63, 3.8) is 0 Å². The van der Waals surface area contributed by atoms with Crippen molar-refractivity contribution in [2.24, 2.45) is 5.92 Å². The minimum absolute atomic E-state index is 0.162. The van der Waals surface area contributed by atoms with E-state index in [1.807, 2.05) is 27.7 Å². The predicted octanol–water partition coefficient (Wildman–Crippen LogP) is 3.48. The number of nitrogens with one attached hydrogen (secondary N) is 1. The molecule has 0 spiro atoms. The second-order valence-corrected chi connectivity index (χ2v) is 8.30. The second-order valence-electron chi connectivity index (χ2n) is 8.30. The number of hydrogen-bond donors (Lipinski definition) is 2. The monoisotopic (exact) mass is 296 g/mol. The van der Waals surface area contributed by atoms with Gasteiger partial charge in [-0.1, -0.05) is 19.3 Å². The molecule has 2 rings (SSSR count). The number of amides is 1. The van der Waals surface area contributed by atoms with Gasteiger partial charge in [-0.05, 0) is 59.3 Å². The number of rotatable bonds is 5. The Hall–Kier alpha value is -0.610. The molecule has 1 aliphatic heterocycles. The lowest BCUT2D eigenvalue weighted by atomic mass is 9.79. The van der Waals surface area contributed by atoms with Crippen LogP contribution in [0.1, 0.15) is 79.1 Å². The van der Waals surface area contributed by atoms with Crippen LogP contribution in [0.5, 0.6) is 0 Å². The first kappa shape index (κ1) is 16.8. The molecule has 0 aromatic heterocycles.